The molecule has 1 aromatic heterocycles. The predicted octanol–water partition coefficient (Wildman–Crippen LogP) is 3.60. The molecule has 3 atom stereocenters. The van der Waals surface area contributed by atoms with Crippen LogP contribution in [0.1, 0.15) is 54.8 Å². The number of nitrogens with one attached hydrogen (secondary N) is 1. The number of aromatic nitrogens is 3. The standard InChI is InChI=1S/C28H32F2N6O2/c1-3-36-31-15-25(33-36)34(2)17-26(37)35-16-21(29)14-24(35)28(38)32-27(19-7-5-4-6-8-19)20-11-12-22(18-9-10-18)23(30)13-20/h4-8,11-13,15,18,21,24,27H,3,9-10,14,16-17H2,1-2H3,(H,32,38)/t21-,24+,27+/m1/s1. The molecule has 0 spiro atoms. The summed E-state index contributed by atoms with van der Waals surface area (Å²) < 4.78 is 29.5. The first-order chi connectivity index (χ1) is 18.3. The molecule has 8 nitrogen and oxygen atoms in total. The van der Waals surface area contributed by atoms with E-state index in [4.69, 9.17) is 0 Å². The van der Waals surface area contributed by atoms with Gasteiger partial charge in [0.25, 0.3) is 0 Å². The Morgan fingerprint density at radius 1 is 1.16 bits per heavy atom. The number of carbonyl (C=O) groups excluding carboxylic acids is 2. The van der Waals surface area contributed by atoms with Gasteiger partial charge in [-0.05, 0) is 48.4 Å². The summed E-state index contributed by atoms with van der Waals surface area (Å²) in [6, 6.07) is 12.7. The minimum Gasteiger partial charge on any atom is -0.348 e. The number of carbonyl (C=O) groups is 2. The van der Waals surface area contributed by atoms with Gasteiger partial charge in [-0.25, -0.2) is 8.78 Å². The number of benzene rings is 2. The number of amides is 2. The van der Waals surface area contributed by atoms with Crippen molar-refractivity contribution >= 4 is 17.6 Å². The number of halogens is 2. The summed E-state index contributed by atoms with van der Waals surface area (Å²) in [6.45, 7) is 2.26. The largest absolute Gasteiger partial charge is 0.348 e. The molecule has 2 aliphatic rings. The fraction of sp³-hybridized carbons (Fsp3) is 0.429. The van der Waals surface area contributed by atoms with E-state index in [1.54, 1.807) is 24.2 Å². The lowest BCUT2D eigenvalue weighted by atomic mass is 9.96. The average molecular weight is 523 g/mol. The van der Waals surface area contributed by atoms with Gasteiger partial charge in [0.15, 0.2) is 5.82 Å². The zero-order chi connectivity index (χ0) is 26.8. The average Bonchev–Trinajstić information content (AvgIpc) is 3.49. The Bertz CT molecular complexity index is 1300. The third kappa shape index (κ3) is 5.54. The Balaban J connectivity index is 1.34. The van der Waals surface area contributed by atoms with Gasteiger partial charge < -0.3 is 15.1 Å². The Labute approximate surface area is 220 Å². The smallest absolute Gasteiger partial charge is 0.243 e. The fourth-order valence-electron chi connectivity index (χ4n) is 4.99. The second-order valence-electron chi connectivity index (χ2n) is 10.0. The maximum Gasteiger partial charge on any atom is 0.243 e. The van der Waals surface area contributed by atoms with Crippen LogP contribution in [0.3, 0.4) is 0 Å². The highest BCUT2D eigenvalue weighted by atomic mass is 19.1. The van der Waals surface area contributed by atoms with Crippen molar-refractivity contribution in [3.8, 4) is 0 Å². The van der Waals surface area contributed by atoms with E-state index in [1.165, 1.54) is 15.8 Å². The van der Waals surface area contributed by atoms with Crippen LogP contribution in [0.5, 0.6) is 0 Å². The van der Waals surface area contributed by atoms with E-state index in [9.17, 15) is 18.4 Å². The molecule has 1 saturated heterocycles. The zero-order valence-corrected chi connectivity index (χ0v) is 21.6. The van der Waals surface area contributed by atoms with Crippen LogP contribution in [0.25, 0.3) is 0 Å². The first-order valence-corrected chi connectivity index (χ1v) is 13.0. The number of nitrogens with zero attached hydrogens (tertiary/aromatic N) is 5. The fourth-order valence-corrected chi connectivity index (χ4v) is 4.99. The van der Waals surface area contributed by atoms with E-state index < -0.39 is 24.2 Å². The van der Waals surface area contributed by atoms with E-state index >= 15 is 0 Å². The lowest BCUT2D eigenvalue weighted by Crippen LogP contribution is -2.49. The van der Waals surface area contributed by atoms with Crippen LogP contribution in [-0.2, 0) is 16.1 Å². The van der Waals surface area contributed by atoms with Gasteiger partial charge in [0.1, 0.15) is 18.0 Å². The summed E-state index contributed by atoms with van der Waals surface area (Å²) in [5, 5.41) is 11.4. The Hall–Kier alpha value is -3.82. The van der Waals surface area contributed by atoms with Crippen molar-refractivity contribution in [1.29, 1.82) is 0 Å². The van der Waals surface area contributed by atoms with Crippen LogP contribution in [-0.4, -0.2) is 64.1 Å². The molecule has 0 radical (unpaired) electrons. The van der Waals surface area contributed by atoms with Gasteiger partial charge in [-0.1, -0.05) is 42.5 Å². The number of alkyl halides is 1. The van der Waals surface area contributed by atoms with Crippen LogP contribution in [0, 0.1) is 5.82 Å². The molecule has 2 amide bonds. The van der Waals surface area contributed by atoms with Crippen molar-refractivity contribution in [3.05, 3.63) is 77.2 Å². The van der Waals surface area contributed by atoms with Crippen molar-refractivity contribution in [2.75, 3.05) is 25.0 Å². The van der Waals surface area contributed by atoms with Crippen molar-refractivity contribution in [2.45, 2.75) is 56.9 Å². The molecular formula is C28H32F2N6O2. The van der Waals surface area contributed by atoms with Crippen molar-refractivity contribution < 1.29 is 18.4 Å². The molecule has 38 heavy (non-hydrogen) atoms. The third-order valence-electron chi connectivity index (χ3n) is 7.24. The van der Waals surface area contributed by atoms with Crippen molar-refractivity contribution in [1.82, 2.24) is 25.2 Å². The summed E-state index contributed by atoms with van der Waals surface area (Å²) in [7, 11) is 1.70. The maximum absolute atomic E-state index is 14.9. The third-order valence-corrected chi connectivity index (χ3v) is 7.24. The molecule has 1 aliphatic heterocycles. The number of likely N-dealkylation sites (tertiary alicyclic amines) is 1. The number of anilines is 1. The summed E-state index contributed by atoms with van der Waals surface area (Å²) in [6.07, 6.45) is 2.12. The summed E-state index contributed by atoms with van der Waals surface area (Å²) >= 11 is 0. The second kappa shape index (κ2) is 10.9. The van der Waals surface area contributed by atoms with Gasteiger partial charge >= 0.3 is 0 Å². The van der Waals surface area contributed by atoms with Gasteiger partial charge in [-0.15, -0.1) is 5.10 Å². The topological polar surface area (TPSA) is 83.4 Å². The van der Waals surface area contributed by atoms with Gasteiger partial charge in [-0.3, -0.25) is 9.59 Å². The molecule has 1 N–H and O–H groups in total. The van der Waals surface area contributed by atoms with Gasteiger partial charge in [0.2, 0.25) is 11.8 Å². The number of hydrogen-bond acceptors (Lipinski definition) is 5. The molecule has 2 heterocycles. The molecule has 2 fully saturated rings. The Morgan fingerprint density at radius 2 is 1.92 bits per heavy atom. The number of aryl methyl sites for hydroxylation is 1. The van der Waals surface area contributed by atoms with Crippen LogP contribution in [0.2, 0.25) is 0 Å². The first kappa shape index (κ1) is 25.8. The molecule has 2 aromatic carbocycles. The van der Waals surface area contributed by atoms with Crippen molar-refractivity contribution in [2.24, 2.45) is 0 Å². The number of hydrogen-bond donors (Lipinski definition) is 1. The van der Waals surface area contributed by atoms with E-state index in [1.807, 2.05) is 43.3 Å². The molecule has 10 heteroatoms. The molecule has 1 saturated carbocycles. The van der Waals surface area contributed by atoms with Gasteiger partial charge in [-0.2, -0.15) is 9.90 Å². The van der Waals surface area contributed by atoms with E-state index in [2.05, 4.69) is 15.5 Å². The maximum atomic E-state index is 14.9. The second-order valence-corrected chi connectivity index (χ2v) is 10.0. The molecule has 1 aliphatic carbocycles. The molecule has 200 valence electrons. The minimum absolute atomic E-state index is 0.0745. The number of likely N-dealkylation sites (N-methyl/N-ethyl adjacent to an activating group) is 1. The lowest BCUT2D eigenvalue weighted by molar-refractivity contribution is -0.137. The zero-order valence-electron chi connectivity index (χ0n) is 21.6. The summed E-state index contributed by atoms with van der Waals surface area (Å²) in [4.78, 5) is 31.1. The number of rotatable bonds is 9. The lowest BCUT2D eigenvalue weighted by Gasteiger charge is -2.28. The normalized spacial score (nSPS) is 19.8. The summed E-state index contributed by atoms with van der Waals surface area (Å²) in [5.74, 6) is -0.366. The highest BCUT2D eigenvalue weighted by Crippen LogP contribution is 2.42. The highest BCUT2D eigenvalue weighted by molar-refractivity contribution is 5.90. The van der Waals surface area contributed by atoms with E-state index in [0.29, 0.717) is 23.5 Å². The van der Waals surface area contributed by atoms with Gasteiger partial charge in [0.05, 0.1) is 31.9 Å². The monoisotopic (exact) mass is 522 g/mol. The first-order valence-electron chi connectivity index (χ1n) is 13.0. The van der Waals surface area contributed by atoms with Gasteiger partial charge in [0, 0.05) is 13.5 Å². The predicted molar refractivity (Wildman–Crippen MR) is 139 cm³/mol. The van der Waals surface area contributed by atoms with E-state index in [-0.39, 0.29) is 37.2 Å². The minimum atomic E-state index is -1.31. The highest BCUT2D eigenvalue weighted by Gasteiger charge is 2.41. The quantitative estimate of drug-likeness (QED) is 0.465. The SMILES string of the molecule is CCn1ncc(N(C)CC(=O)N2C[C@H](F)C[C@H]2C(=O)N[C@@H](c2ccccc2)c2ccc(C3CC3)c(F)c2)n1. The van der Waals surface area contributed by atoms with Crippen LogP contribution in [0.15, 0.2) is 54.7 Å². The van der Waals surface area contributed by atoms with Crippen molar-refractivity contribution in [3.63, 3.8) is 0 Å². The molecular weight excluding hydrogens is 490 g/mol. The molecule has 0 bridgehead atoms. The molecule has 3 aromatic rings. The van der Waals surface area contributed by atoms with Crippen LogP contribution in [0.4, 0.5) is 14.6 Å². The Kier molecular flexibility index (Phi) is 7.40. The molecule has 0 unspecified atom stereocenters. The van der Waals surface area contributed by atoms with Crippen LogP contribution >= 0.6 is 0 Å². The van der Waals surface area contributed by atoms with Crippen LogP contribution < -0.4 is 10.2 Å². The summed E-state index contributed by atoms with van der Waals surface area (Å²) in [5.41, 5.74) is 2.06. The van der Waals surface area contributed by atoms with E-state index in [0.717, 1.165) is 18.4 Å². The molecule has 5 rings (SSSR count). The Morgan fingerprint density at radius 3 is 2.58 bits per heavy atom.